The average Bonchev–Trinajstić information content (AvgIpc) is 2.99. The number of nitrogens with zero attached hydrogens (tertiary/aromatic N) is 3. The normalized spacial score (nSPS) is 27.6. The number of rotatable bonds is 2. The van der Waals surface area contributed by atoms with Crippen LogP contribution >= 0.6 is 0 Å². The molecule has 2 aliphatic heterocycles. The Kier molecular flexibility index (Phi) is 3.46. The summed E-state index contributed by atoms with van der Waals surface area (Å²) in [6.07, 6.45) is 5.82. The molecular weight excluding hydrogens is 256 g/mol. The summed E-state index contributed by atoms with van der Waals surface area (Å²) in [5.74, 6) is 0.662. The van der Waals surface area contributed by atoms with Crippen molar-refractivity contribution < 1.29 is 9.59 Å². The fourth-order valence-electron chi connectivity index (χ4n) is 3.20. The molecule has 3 atom stereocenters. The minimum atomic E-state index is -0.264. The molecule has 0 saturated carbocycles. The van der Waals surface area contributed by atoms with E-state index in [2.05, 4.69) is 10.4 Å². The highest BCUT2D eigenvalue weighted by Gasteiger charge is 2.36. The molecule has 0 aliphatic carbocycles. The van der Waals surface area contributed by atoms with Crippen molar-refractivity contribution in [1.29, 1.82) is 0 Å². The zero-order valence-corrected chi connectivity index (χ0v) is 11.7. The molecule has 3 rings (SSSR count). The summed E-state index contributed by atoms with van der Waals surface area (Å²) in [7, 11) is 0. The smallest absolute Gasteiger partial charge is 0.247 e. The van der Waals surface area contributed by atoms with Gasteiger partial charge in [0.2, 0.25) is 11.8 Å². The summed E-state index contributed by atoms with van der Waals surface area (Å²) < 4.78 is 1.69. The van der Waals surface area contributed by atoms with Crippen LogP contribution in [0.3, 0.4) is 0 Å². The van der Waals surface area contributed by atoms with Gasteiger partial charge in [-0.3, -0.25) is 14.3 Å². The predicted octanol–water partition coefficient (Wildman–Crippen LogP) is 0.571. The third kappa shape index (κ3) is 2.42. The van der Waals surface area contributed by atoms with Crippen molar-refractivity contribution in [2.75, 3.05) is 13.1 Å². The fourth-order valence-corrected chi connectivity index (χ4v) is 3.20. The lowest BCUT2D eigenvalue weighted by atomic mass is 9.85. The molecule has 2 aliphatic rings. The number of piperidine rings is 2. The minimum absolute atomic E-state index is 0.115. The Labute approximate surface area is 118 Å². The van der Waals surface area contributed by atoms with Gasteiger partial charge in [-0.1, -0.05) is 0 Å². The Morgan fingerprint density at radius 2 is 2.35 bits per heavy atom. The number of amides is 2. The molecule has 2 amide bonds. The second-order valence-corrected chi connectivity index (χ2v) is 5.71. The van der Waals surface area contributed by atoms with Crippen LogP contribution in [0.15, 0.2) is 18.5 Å². The van der Waals surface area contributed by atoms with Gasteiger partial charge in [0.25, 0.3) is 0 Å². The number of carbonyl (C=O) groups excluding carboxylic acids is 2. The molecule has 2 fully saturated rings. The first-order chi connectivity index (χ1) is 9.65. The number of aromatic nitrogens is 2. The molecule has 108 valence electrons. The molecule has 2 saturated heterocycles. The van der Waals surface area contributed by atoms with E-state index in [-0.39, 0.29) is 23.9 Å². The molecule has 20 heavy (non-hydrogen) atoms. The van der Waals surface area contributed by atoms with E-state index >= 15 is 0 Å². The first-order valence-electron chi connectivity index (χ1n) is 7.22. The maximum atomic E-state index is 12.5. The van der Waals surface area contributed by atoms with Crippen LogP contribution in [0.5, 0.6) is 0 Å². The van der Waals surface area contributed by atoms with Gasteiger partial charge in [-0.2, -0.15) is 5.10 Å². The molecular formula is C14H20N4O2. The van der Waals surface area contributed by atoms with Crippen LogP contribution in [0.1, 0.15) is 32.2 Å². The van der Waals surface area contributed by atoms with Gasteiger partial charge in [-0.05, 0) is 31.7 Å². The minimum Gasteiger partial charge on any atom is -0.353 e. The number of hydrogen-bond acceptors (Lipinski definition) is 3. The molecule has 1 N–H and O–H groups in total. The topological polar surface area (TPSA) is 67.2 Å². The van der Waals surface area contributed by atoms with Crippen molar-refractivity contribution in [3.8, 4) is 0 Å². The van der Waals surface area contributed by atoms with Gasteiger partial charge in [0.05, 0.1) is 0 Å². The third-order valence-corrected chi connectivity index (χ3v) is 4.41. The van der Waals surface area contributed by atoms with E-state index < -0.39 is 0 Å². The Hall–Kier alpha value is -1.85. The van der Waals surface area contributed by atoms with Crippen molar-refractivity contribution >= 4 is 11.8 Å². The quantitative estimate of drug-likeness (QED) is 0.859. The van der Waals surface area contributed by atoms with Gasteiger partial charge in [0, 0.05) is 37.9 Å². The molecule has 3 heterocycles. The van der Waals surface area contributed by atoms with Gasteiger partial charge in [0.15, 0.2) is 0 Å². The van der Waals surface area contributed by atoms with Crippen LogP contribution in [-0.4, -0.2) is 45.6 Å². The lowest BCUT2D eigenvalue weighted by Gasteiger charge is -2.42. The maximum absolute atomic E-state index is 12.5. The Morgan fingerprint density at radius 1 is 1.50 bits per heavy atom. The fraction of sp³-hybridized carbons (Fsp3) is 0.643. The molecule has 0 radical (unpaired) electrons. The zero-order chi connectivity index (χ0) is 14.1. The zero-order valence-electron chi connectivity index (χ0n) is 11.7. The monoisotopic (exact) mass is 276 g/mol. The Morgan fingerprint density at radius 3 is 3.10 bits per heavy atom. The SMILES string of the molecule is CC(C(=O)N1CCC2NC(=O)CCC2C1)n1cccn1. The molecule has 1 aromatic rings. The van der Waals surface area contributed by atoms with Crippen LogP contribution in [-0.2, 0) is 9.59 Å². The summed E-state index contributed by atoms with van der Waals surface area (Å²) in [4.78, 5) is 25.8. The Bertz CT molecular complexity index is 499. The average molecular weight is 276 g/mol. The number of hydrogen-bond donors (Lipinski definition) is 1. The second kappa shape index (κ2) is 5.26. The van der Waals surface area contributed by atoms with E-state index in [1.54, 1.807) is 10.9 Å². The second-order valence-electron chi connectivity index (χ2n) is 5.71. The maximum Gasteiger partial charge on any atom is 0.247 e. The van der Waals surface area contributed by atoms with Crippen LogP contribution in [0.4, 0.5) is 0 Å². The summed E-state index contributed by atoms with van der Waals surface area (Å²) in [6, 6.07) is 1.81. The van der Waals surface area contributed by atoms with E-state index in [4.69, 9.17) is 0 Å². The van der Waals surface area contributed by atoms with Crippen molar-refractivity contribution in [3.05, 3.63) is 18.5 Å². The van der Waals surface area contributed by atoms with E-state index in [1.807, 2.05) is 24.1 Å². The van der Waals surface area contributed by atoms with Crippen LogP contribution in [0, 0.1) is 5.92 Å². The lowest BCUT2D eigenvalue weighted by Crippen LogP contribution is -2.55. The first kappa shape index (κ1) is 13.1. The standard InChI is InChI=1S/C14H20N4O2/c1-10(18-7-2-6-15-18)14(20)17-8-5-12-11(9-17)3-4-13(19)16-12/h2,6-7,10-12H,3-5,8-9H2,1H3,(H,16,19). The third-order valence-electron chi connectivity index (χ3n) is 4.41. The number of likely N-dealkylation sites (tertiary alicyclic amines) is 1. The summed E-state index contributed by atoms with van der Waals surface area (Å²) in [6.45, 7) is 3.34. The molecule has 6 nitrogen and oxygen atoms in total. The predicted molar refractivity (Wildman–Crippen MR) is 72.8 cm³/mol. The number of fused-ring (bicyclic) bond motifs is 1. The molecule has 1 aromatic heterocycles. The Balaban J connectivity index is 1.64. The van der Waals surface area contributed by atoms with Gasteiger partial charge >= 0.3 is 0 Å². The van der Waals surface area contributed by atoms with E-state index in [9.17, 15) is 9.59 Å². The summed E-state index contributed by atoms with van der Waals surface area (Å²) in [5, 5.41) is 7.18. The van der Waals surface area contributed by atoms with Crippen molar-refractivity contribution in [1.82, 2.24) is 20.0 Å². The van der Waals surface area contributed by atoms with E-state index in [0.29, 0.717) is 18.9 Å². The van der Waals surface area contributed by atoms with Crippen molar-refractivity contribution in [2.45, 2.75) is 38.3 Å². The van der Waals surface area contributed by atoms with E-state index in [1.165, 1.54) is 0 Å². The van der Waals surface area contributed by atoms with Gasteiger partial charge in [0.1, 0.15) is 6.04 Å². The molecule has 0 aromatic carbocycles. The van der Waals surface area contributed by atoms with Crippen LogP contribution < -0.4 is 5.32 Å². The highest BCUT2D eigenvalue weighted by Crippen LogP contribution is 2.26. The highest BCUT2D eigenvalue weighted by atomic mass is 16.2. The molecule has 0 bridgehead atoms. The van der Waals surface area contributed by atoms with Gasteiger partial charge < -0.3 is 10.2 Å². The molecule has 0 spiro atoms. The highest BCUT2D eigenvalue weighted by molar-refractivity contribution is 5.80. The van der Waals surface area contributed by atoms with Crippen molar-refractivity contribution in [3.63, 3.8) is 0 Å². The van der Waals surface area contributed by atoms with Crippen molar-refractivity contribution in [2.24, 2.45) is 5.92 Å². The number of carbonyl (C=O) groups is 2. The largest absolute Gasteiger partial charge is 0.353 e. The van der Waals surface area contributed by atoms with Gasteiger partial charge in [-0.25, -0.2) is 0 Å². The summed E-state index contributed by atoms with van der Waals surface area (Å²) >= 11 is 0. The van der Waals surface area contributed by atoms with Crippen LogP contribution in [0.25, 0.3) is 0 Å². The molecule has 3 unspecified atom stereocenters. The summed E-state index contributed by atoms with van der Waals surface area (Å²) in [5.41, 5.74) is 0. The lowest BCUT2D eigenvalue weighted by molar-refractivity contribution is -0.137. The van der Waals surface area contributed by atoms with Gasteiger partial charge in [-0.15, -0.1) is 0 Å². The van der Waals surface area contributed by atoms with E-state index in [0.717, 1.165) is 19.4 Å². The molecule has 6 heteroatoms. The van der Waals surface area contributed by atoms with Crippen LogP contribution in [0.2, 0.25) is 0 Å². The first-order valence-corrected chi connectivity index (χ1v) is 7.22. The number of nitrogens with one attached hydrogen (secondary N) is 1.